The fourth-order valence-corrected chi connectivity index (χ4v) is 1.90. The van der Waals surface area contributed by atoms with Crippen molar-refractivity contribution >= 4 is 45.8 Å². The molecule has 0 aliphatic carbocycles. The summed E-state index contributed by atoms with van der Waals surface area (Å²) in [6, 6.07) is 3.39. The second kappa shape index (κ2) is 5.03. The van der Waals surface area contributed by atoms with E-state index in [0.717, 1.165) is 3.57 Å². The van der Waals surface area contributed by atoms with Crippen molar-refractivity contribution in [2.75, 3.05) is 5.73 Å². The highest BCUT2D eigenvalue weighted by Gasteiger charge is 2.18. The topological polar surface area (TPSA) is 52.3 Å². The lowest BCUT2D eigenvalue weighted by Gasteiger charge is -2.11. The predicted octanol–water partition coefficient (Wildman–Crippen LogP) is 3.09. The van der Waals surface area contributed by atoms with Crippen LogP contribution in [0.2, 0.25) is 5.02 Å². The summed E-state index contributed by atoms with van der Waals surface area (Å²) < 4.78 is 5.81. The molecule has 0 fully saturated rings. The van der Waals surface area contributed by atoms with E-state index in [4.69, 9.17) is 22.1 Å². The molecule has 0 atom stereocenters. The van der Waals surface area contributed by atoms with Gasteiger partial charge in [0.05, 0.1) is 22.4 Å². The zero-order chi connectivity index (χ0) is 11.6. The van der Waals surface area contributed by atoms with Gasteiger partial charge in [0, 0.05) is 3.57 Å². The Bertz CT molecular complexity index is 393. The number of nitrogen functional groups attached to an aromatic ring is 1. The van der Waals surface area contributed by atoms with Crippen molar-refractivity contribution in [2.45, 2.75) is 20.0 Å². The van der Waals surface area contributed by atoms with Crippen molar-refractivity contribution in [1.82, 2.24) is 0 Å². The van der Waals surface area contributed by atoms with Crippen molar-refractivity contribution in [3.8, 4) is 0 Å². The van der Waals surface area contributed by atoms with Gasteiger partial charge in [0.25, 0.3) is 0 Å². The van der Waals surface area contributed by atoms with Crippen molar-refractivity contribution in [3.63, 3.8) is 0 Å². The normalized spacial score (nSPS) is 10.5. The van der Waals surface area contributed by atoms with Gasteiger partial charge in [-0.1, -0.05) is 11.6 Å². The van der Waals surface area contributed by atoms with Crippen LogP contribution >= 0.6 is 34.2 Å². The highest BCUT2D eigenvalue weighted by atomic mass is 127. The van der Waals surface area contributed by atoms with Crippen LogP contribution < -0.4 is 5.73 Å². The second-order valence-corrected chi connectivity index (χ2v) is 4.84. The summed E-state index contributed by atoms with van der Waals surface area (Å²) in [5.74, 6) is -0.436. The number of anilines is 1. The van der Waals surface area contributed by atoms with Gasteiger partial charge >= 0.3 is 5.97 Å². The lowest BCUT2D eigenvalue weighted by molar-refractivity contribution is 0.0378. The van der Waals surface area contributed by atoms with Gasteiger partial charge in [-0.25, -0.2) is 4.79 Å². The van der Waals surface area contributed by atoms with Crippen LogP contribution in [-0.4, -0.2) is 12.1 Å². The number of ether oxygens (including phenoxy) is 1. The van der Waals surface area contributed by atoms with Crippen LogP contribution in [0.1, 0.15) is 24.2 Å². The van der Waals surface area contributed by atoms with E-state index in [-0.39, 0.29) is 11.8 Å². The minimum Gasteiger partial charge on any atom is -0.459 e. The van der Waals surface area contributed by atoms with Gasteiger partial charge in [-0.05, 0) is 48.6 Å². The van der Waals surface area contributed by atoms with E-state index in [1.807, 2.05) is 22.6 Å². The molecule has 5 heteroatoms. The minimum atomic E-state index is -0.436. The monoisotopic (exact) mass is 339 g/mol. The third kappa shape index (κ3) is 2.98. The number of rotatable bonds is 2. The van der Waals surface area contributed by atoms with Crippen LogP contribution in [0.15, 0.2) is 12.1 Å². The summed E-state index contributed by atoms with van der Waals surface area (Å²) in [6.45, 7) is 3.57. The van der Waals surface area contributed by atoms with Crippen LogP contribution in [0.3, 0.4) is 0 Å². The number of nitrogens with two attached hydrogens (primary N) is 1. The molecule has 0 spiro atoms. The Kier molecular flexibility index (Phi) is 4.21. The summed E-state index contributed by atoms with van der Waals surface area (Å²) in [5.41, 5.74) is 6.34. The zero-order valence-electron chi connectivity index (χ0n) is 8.38. The summed E-state index contributed by atoms with van der Waals surface area (Å²) in [4.78, 5) is 11.7. The molecule has 1 rings (SSSR count). The molecule has 0 saturated heterocycles. The molecule has 0 heterocycles. The van der Waals surface area contributed by atoms with Crippen LogP contribution in [0.25, 0.3) is 0 Å². The molecule has 82 valence electrons. The van der Waals surface area contributed by atoms with Gasteiger partial charge in [0.15, 0.2) is 0 Å². The van der Waals surface area contributed by atoms with Gasteiger partial charge in [-0.3, -0.25) is 0 Å². The molecule has 1 aromatic rings. The lowest BCUT2D eigenvalue weighted by Crippen LogP contribution is -2.15. The molecular weight excluding hydrogens is 328 g/mol. The quantitative estimate of drug-likeness (QED) is 0.512. The highest BCUT2D eigenvalue weighted by molar-refractivity contribution is 14.1. The van der Waals surface area contributed by atoms with Crippen molar-refractivity contribution in [1.29, 1.82) is 0 Å². The van der Waals surface area contributed by atoms with Crippen molar-refractivity contribution in [3.05, 3.63) is 26.3 Å². The average molecular weight is 340 g/mol. The zero-order valence-corrected chi connectivity index (χ0v) is 11.3. The number of carbonyl (C=O) groups excluding carboxylic acids is 1. The fourth-order valence-electron chi connectivity index (χ4n) is 1.05. The Balaban J connectivity index is 3.13. The standard InChI is InChI=1S/C10H11ClINO2/c1-5(2)15-10(14)8-7(12)4-3-6(11)9(8)13/h3-5H,13H2,1-2H3. The Morgan fingerprint density at radius 1 is 1.53 bits per heavy atom. The molecule has 0 aliphatic rings. The molecular formula is C10H11ClINO2. The Labute approximate surface area is 107 Å². The van der Waals surface area contributed by atoms with Crippen molar-refractivity contribution in [2.24, 2.45) is 0 Å². The third-order valence-electron chi connectivity index (χ3n) is 1.69. The Morgan fingerprint density at radius 3 is 2.67 bits per heavy atom. The lowest BCUT2D eigenvalue weighted by atomic mass is 10.2. The number of esters is 1. The van der Waals surface area contributed by atoms with Crippen LogP contribution in [0.5, 0.6) is 0 Å². The van der Waals surface area contributed by atoms with Crippen molar-refractivity contribution < 1.29 is 9.53 Å². The Morgan fingerprint density at radius 2 is 2.13 bits per heavy atom. The van der Waals surface area contributed by atoms with Crippen LogP contribution in [0, 0.1) is 3.57 Å². The van der Waals surface area contributed by atoms with E-state index in [1.165, 1.54) is 0 Å². The number of halogens is 2. The molecule has 0 amide bonds. The van der Waals surface area contributed by atoms with E-state index in [1.54, 1.807) is 26.0 Å². The molecule has 0 unspecified atom stereocenters. The molecule has 0 aliphatic heterocycles. The maximum absolute atomic E-state index is 11.7. The molecule has 0 saturated carbocycles. The SMILES string of the molecule is CC(C)OC(=O)c1c(I)ccc(Cl)c1N. The number of carbonyl (C=O) groups is 1. The van der Waals surface area contributed by atoms with Crippen LogP contribution in [0.4, 0.5) is 5.69 Å². The molecule has 0 aromatic heterocycles. The predicted molar refractivity (Wildman–Crippen MR) is 69.1 cm³/mol. The number of hydrogen-bond donors (Lipinski definition) is 1. The maximum atomic E-state index is 11.7. The smallest absolute Gasteiger partial charge is 0.341 e. The van der Waals surface area contributed by atoms with Gasteiger partial charge in [-0.15, -0.1) is 0 Å². The largest absolute Gasteiger partial charge is 0.459 e. The molecule has 3 nitrogen and oxygen atoms in total. The first-order valence-electron chi connectivity index (χ1n) is 4.38. The van der Waals surface area contributed by atoms with E-state index in [0.29, 0.717) is 10.6 Å². The van der Waals surface area contributed by atoms with Gasteiger partial charge in [-0.2, -0.15) is 0 Å². The maximum Gasteiger partial charge on any atom is 0.341 e. The van der Waals surface area contributed by atoms with Gasteiger partial charge in [0.2, 0.25) is 0 Å². The van der Waals surface area contributed by atoms with Crippen LogP contribution in [-0.2, 0) is 4.74 Å². The first kappa shape index (κ1) is 12.6. The molecule has 2 N–H and O–H groups in total. The number of benzene rings is 1. The summed E-state index contributed by atoms with van der Waals surface area (Å²) in [7, 11) is 0. The molecule has 0 bridgehead atoms. The number of hydrogen-bond acceptors (Lipinski definition) is 3. The fraction of sp³-hybridized carbons (Fsp3) is 0.300. The second-order valence-electron chi connectivity index (χ2n) is 3.27. The van der Waals surface area contributed by atoms with Gasteiger partial charge in [0.1, 0.15) is 0 Å². The molecule has 1 aromatic carbocycles. The van der Waals surface area contributed by atoms with E-state index in [2.05, 4.69) is 0 Å². The van der Waals surface area contributed by atoms with E-state index in [9.17, 15) is 4.79 Å². The summed E-state index contributed by atoms with van der Waals surface area (Å²) in [6.07, 6.45) is -0.174. The molecule has 0 radical (unpaired) electrons. The van der Waals surface area contributed by atoms with E-state index < -0.39 is 5.97 Å². The summed E-state index contributed by atoms with van der Waals surface area (Å²) >= 11 is 7.86. The Hall–Kier alpha value is -0.490. The van der Waals surface area contributed by atoms with Gasteiger partial charge < -0.3 is 10.5 Å². The average Bonchev–Trinajstić information content (AvgIpc) is 2.11. The molecule has 15 heavy (non-hydrogen) atoms. The summed E-state index contributed by atoms with van der Waals surface area (Å²) in [5, 5.41) is 0.367. The minimum absolute atomic E-state index is 0.174. The first-order valence-corrected chi connectivity index (χ1v) is 5.83. The first-order chi connectivity index (χ1) is 6.93. The highest BCUT2D eigenvalue weighted by Crippen LogP contribution is 2.27. The third-order valence-corrected chi connectivity index (χ3v) is 2.92. The van der Waals surface area contributed by atoms with E-state index >= 15 is 0 Å².